The van der Waals surface area contributed by atoms with Crippen LogP contribution in [0.15, 0.2) is 30.5 Å². The standard InChI is InChI=1S/C19H23ClN2O4S/c1-3-13(2)22(14-8-10-27(24,25)12-14)18(23)11-26-17-7-6-16(20)15-5-4-9-21-19(15)17/h4-7,9,13-14H,3,8,10-12H2,1-2H3/t13-,14+/m1/s1. The lowest BCUT2D eigenvalue weighted by molar-refractivity contribution is -0.137. The summed E-state index contributed by atoms with van der Waals surface area (Å²) in [5.74, 6) is 0.413. The molecule has 2 heterocycles. The predicted molar refractivity (Wildman–Crippen MR) is 106 cm³/mol. The number of fused-ring (bicyclic) bond motifs is 1. The van der Waals surface area contributed by atoms with Crippen LogP contribution in [0.4, 0.5) is 0 Å². The quantitative estimate of drug-likeness (QED) is 0.731. The summed E-state index contributed by atoms with van der Waals surface area (Å²) in [6.07, 6.45) is 2.86. The highest BCUT2D eigenvalue weighted by atomic mass is 35.5. The van der Waals surface area contributed by atoms with Crippen molar-refractivity contribution in [1.29, 1.82) is 0 Å². The van der Waals surface area contributed by atoms with Gasteiger partial charge >= 0.3 is 0 Å². The van der Waals surface area contributed by atoms with E-state index < -0.39 is 9.84 Å². The molecule has 1 fully saturated rings. The van der Waals surface area contributed by atoms with E-state index in [0.717, 1.165) is 11.8 Å². The number of carbonyl (C=O) groups excluding carboxylic acids is 1. The van der Waals surface area contributed by atoms with Gasteiger partial charge in [-0.05, 0) is 44.0 Å². The molecule has 8 heteroatoms. The minimum absolute atomic E-state index is 0.0223. The number of benzene rings is 1. The Kier molecular flexibility index (Phi) is 5.91. The van der Waals surface area contributed by atoms with Crippen molar-refractivity contribution in [2.75, 3.05) is 18.1 Å². The van der Waals surface area contributed by atoms with E-state index in [1.807, 2.05) is 19.9 Å². The van der Waals surface area contributed by atoms with Gasteiger partial charge in [0.25, 0.3) is 5.91 Å². The van der Waals surface area contributed by atoms with Gasteiger partial charge in [0.05, 0.1) is 16.5 Å². The Morgan fingerprint density at radius 2 is 2.19 bits per heavy atom. The van der Waals surface area contributed by atoms with Crippen LogP contribution in [0.5, 0.6) is 5.75 Å². The molecule has 0 aliphatic carbocycles. The van der Waals surface area contributed by atoms with Gasteiger partial charge in [-0.2, -0.15) is 0 Å². The number of carbonyl (C=O) groups is 1. The normalized spacial score (nSPS) is 19.7. The van der Waals surface area contributed by atoms with Gasteiger partial charge in [0.2, 0.25) is 0 Å². The van der Waals surface area contributed by atoms with E-state index in [1.165, 1.54) is 0 Å². The first-order chi connectivity index (χ1) is 12.8. The molecule has 1 aliphatic rings. The number of halogens is 1. The number of aromatic nitrogens is 1. The SMILES string of the molecule is CC[C@@H](C)N(C(=O)COc1ccc(Cl)c2cccnc12)[C@H]1CCS(=O)(=O)C1. The Bertz CT molecular complexity index is 948. The second-order valence-electron chi connectivity index (χ2n) is 6.85. The van der Waals surface area contributed by atoms with Crippen molar-refractivity contribution in [2.24, 2.45) is 0 Å². The first kappa shape index (κ1) is 19.9. The fourth-order valence-electron chi connectivity index (χ4n) is 3.44. The molecule has 146 valence electrons. The number of hydrogen-bond acceptors (Lipinski definition) is 5. The van der Waals surface area contributed by atoms with Gasteiger partial charge in [-0.25, -0.2) is 8.42 Å². The van der Waals surface area contributed by atoms with Crippen molar-refractivity contribution in [3.8, 4) is 5.75 Å². The molecule has 27 heavy (non-hydrogen) atoms. The summed E-state index contributed by atoms with van der Waals surface area (Å²) in [4.78, 5) is 18.9. The van der Waals surface area contributed by atoms with Crippen LogP contribution >= 0.6 is 11.6 Å². The summed E-state index contributed by atoms with van der Waals surface area (Å²) in [6, 6.07) is 6.68. The third-order valence-corrected chi connectivity index (χ3v) is 7.07. The number of sulfone groups is 1. The average Bonchev–Trinajstić information content (AvgIpc) is 3.00. The number of pyridine rings is 1. The zero-order valence-corrected chi connectivity index (χ0v) is 17.0. The minimum atomic E-state index is -3.08. The molecule has 1 aliphatic heterocycles. The topological polar surface area (TPSA) is 76.6 Å². The van der Waals surface area contributed by atoms with Crippen molar-refractivity contribution < 1.29 is 17.9 Å². The van der Waals surface area contributed by atoms with Gasteiger partial charge in [0, 0.05) is 23.7 Å². The maximum atomic E-state index is 12.9. The van der Waals surface area contributed by atoms with Crippen molar-refractivity contribution in [3.05, 3.63) is 35.5 Å². The lowest BCUT2D eigenvalue weighted by Gasteiger charge is -2.33. The van der Waals surface area contributed by atoms with E-state index >= 15 is 0 Å². The van der Waals surface area contributed by atoms with Crippen molar-refractivity contribution in [3.63, 3.8) is 0 Å². The molecule has 1 saturated heterocycles. The number of nitrogens with zero attached hydrogens (tertiary/aromatic N) is 2. The summed E-state index contributed by atoms with van der Waals surface area (Å²) in [7, 11) is -3.08. The first-order valence-corrected chi connectivity index (χ1v) is 11.2. The molecule has 0 unspecified atom stereocenters. The summed E-state index contributed by atoms with van der Waals surface area (Å²) >= 11 is 6.19. The highest BCUT2D eigenvalue weighted by Gasteiger charge is 2.36. The van der Waals surface area contributed by atoms with Crippen molar-refractivity contribution in [1.82, 2.24) is 9.88 Å². The molecule has 1 aromatic heterocycles. The highest BCUT2D eigenvalue weighted by Crippen LogP contribution is 2.30. The van der Waals surface area contributed by atoms with Gasteiger partial charge in [0.15, 0.2) is 16.4 Å². The molecule has 1 aromatic carbocycles. The van der Waals surface area contributed by atoms with E-state index in [4.69, 9.17) is 16.3 Å². The maximum absolute atomic E-state index is 12.9. The first-order valence-electron chi connectivity index (χ1n) is 9.00. The lowest BCUT2D eigenvalue weighted by atomic mass is 10.1. The molecule has 6 nitrogen and oxygen atoms in total. The monoisotopic (exact) mass is 410 g/mol. The smallest absolute Gasteiger partial charge is 0.261 e. The van der Waals surface area contributed by atoms with Gasteiger partial charge < -0.3 is 9.64 Å². The van der Waals surface area contributed by atoms with E-state index in [-0.39, 0.29) is 36.1 Å². The Labute approximate surface area is 164 Å². The maximum Gasteiger partial charge on any atom is 0.261 e. The molecule has 2 aromatic rings. The summed E-state index contributed by atoms with van der Waals surface area (Å²) in [5, 5.41) is 1.32. The van der Waals surface area contributed by atoms with Gasteiger partial charge in [-0.3, -0.25) is 9.78 Å². The fourth-order valence-corrected chi connectivity index (χ4v) is 5.37. The Morgan fingerprint density at radius 3 is 2.85 bits per heavy atom. The Balaban J connectivity index is 1.78. The zero-order chi connectivity index (χ0) is 19.6. The van der Waals surface area contributed by atoms with Crippen LogP contribution in [0.2, 0.25) is 5.02 Å². The van der Waals surface area contributed by atoms with Gasteiger partial charge in [-0.15, -0.1) is 0 Å². The number of amides is 1. The summed E-state index contributed by atoms with van der Waals surface area (Å²) in [5.41, 5.74) is 0.594. The number of hydrogen-bond donors (Lipinski definition) is 0. The predicted octanol–water partition coefficient (Wildman–Crippen LogP) is 3.08. The fraction of sp³-hybridized carbons (Fsp3) is 0.474. The third kappa shape index (κ3) is 4.35. The molecule has 3 rings (SSSR count). The largest absolute Gasteiger partial charge is 0.481 e. The second-order valence-corrected chi connectivity index (χ2v) is 9.48. The number of rotatable bonds is 6. The van der Waals surface area contributed by atoms with Gasteiger partial charge in [0.1, 0.15) is 11.3 Å². The molecular weight excluding hydrogens is 388 g/mol. The van der Waals surface area contributed by atoms with Crippen LogP contribution in [0.3, 0.4) is 0 Å². The van der Waals surface area contributed by atoms with E-state index in [2.05, 4.69) is 4.98 Å². The Hall–Kier alpha value is -1.86. The average molecular weight is 411 g/mol. The van der Waals surface area contributed by atoms with Crippen LogP contribution < -0.4 is 4.74 Å². The van der Waals surface area contributed by atoms with Crippen LogP contribution in [-0.2, 0) is 14.6 Å². The second kappa shape index (κ2) is 8.02. The molecule has 0 radical (unpaired) electrons. The zero-order valence-electron chi connectivity index (χ0n) is 15.4. The van der Waals surface area contributed by atoms with E-state index in [1.54, 1.807) is 29.3 Å². The molecule has 0 bridgehead atoms. The van der Waals surface area contributed by atoms with Crippen LogP contribution in [-0.4, -0.2) is 54.4 Å². The molecular formula is C19H23ClN2O4S. The van der Waals surface area contributed by atoms with Crippen molar-refractivity contribution >= 4 is 38.2 Å². The van der Waals surface area contributed by atoms with Crippen molar-refractivity contribution in [2.45, 2.75) is 38.8 Å². The molecule has 2 atom stereocenters. The number of ether oxygens (including phenoxy) is 1. The van der Waals surface area contributed by atoms with Crippen LogP contribution in [0, 0.1) is 0 Å². The third-order valence-electron chi connectivity index (χ3n) is 4.99. The molecule has 0 saturated carbocycles. The highest BCUT2D eigenvalue weighted by molar-refractivity contribution is 7.91. The molecule has 1 amide bonds. The Morgan fingerprint density at radius 1 is 1.41 bits per heavy atom. The molecule has 0 spiro atoms. The summed E-state index contributed by atoms with van der Waals surface area (Å²) in [6.45, 7) is 3.74. The van der Waals surface area contributed by atoms with Gasteiger partial charge in [-0.1, -0.05) is 18.5 Å². The molecule has 0 N–H and O–H groups in total. The minimum Gasteiger partial charge on any atom is -0.481 e. The van der Waals surface area contributed by atoms with E-state index in [9.17, 15) is 13.2 Å². The van der Waals surface area contributed by atoms with Crippen LogP contribution in [0.1, 0.15) is 26.7 Å². The van der Waals surface area contributed by atoms with Crippen LogP contribution in [0.25, 0.3) is 10.9 Å². The summed E-state index contributed by atoms with van der Waals surface area (Å²) < 4.78 is 29.5. The van der Waals surface area contributed by atoms with E-state index in [0.29, 0.717) is 22.7 Å². The lowest BCUT2D eigenvalue weighted by Crippen LogP contribution is -2.48.